The molecule has 2 aromatic heterocycles. The molecule has 2 N–H and O–H groups in total. The predicted molar refractivity (Wildman–Crippen MR) is 108 cm³/mol. The van der Waals surface area contributed by atoms with E-state index in [0.717, 1.165) is 24.0 Å². The zero-order chi connectivity index (χ0) is 20.0. The van der Waals surface area contributed by atoms with Crippen LogP contribution in [0.5, 0.6) is 0 Å². The van der Waals surface area contributed by atoms with Gasteiger partial charge < -0.3 is 15.0 Å². The van der Waals surface area contributed by atoms with Gasteiger partial charge in [0.05, 0.1) is 12.6 Å². The first kappa shape index (κ1) is 18.5. The Morgan fingerprint density at radius 3 is 2.50 bits per heavy atom. The van der Waals surface area contributed by atoms with E-state index in [2.05, 4.69) is 10.3 Å². The van der Waals surface area contributed by atoms with Gasteiger partial charge in [-0.05, 0) is 31.7 Å². The Morgan fingerprint density at radius 1 is 1.14 bits per heavy atom. The van der Waals surface area contributed by atoms with E-state index < -0.39 is 0 Å². The second-order valence-electron chi connectivity index (χ2n) is 7.69. The molecule has 148 valence electrons. The highest BCUT2D eigenvalue weighted by atomic mass is 16.3. The molecule has 0 unspecified atom stereocenters. The van der Waals surface area contributed by atoms with Crippen LogP contribution in [0.15, 0.2) is 33.9 Å². The van der Waals surface area contributed by atoms with E-state index in [1.54, 1.807) is 18.7 Å². The Balaban J connectivity index is 1.78. The van der Waals surface area contributed by atoms with Crippen LogP contribution < -0.4 is 16.6 Å². The Morgan fingerprint density at radius 2 is 1.86 bits per heavy atom. The normalized spacial score (nSPS) is 19.4. The van der Waals surface area contributed by atoms with Gasteiger partial charge in [-0.1, -0.05) is 29.8 Å². The minimum atomic E-state index is -0.390. The lowest BCUT2D eigenvalue weighted by atomic mass is 10.1. The summed E-state index contributed by atoms with van der Waals surface area (Å²) in [6.07, 6.45) is 1.95. The summed E-state index contributed by atoms with van der Waals surface area (Å²) in [5.74, 6) is 0.536. The van der Waals surface area contributed by atoms with Crippen LogP contribution in [0.2, 0.25) is 0 Å². The first-order valence-corrected chi connectivity index (χ1v) is 9.51. The molecular formula is C20H25N5O3. The van der Waals surface area contributed by atoms with E-state index in [0.29, 0.717) is 23.5 Å². The van der Waals surface area contributed by atoms with Gasteiger partial charge in [-0.3, -0.25) is 13.9 Å². The van der Waals surface area contributed by atoms with E-state index in [-0.39, 0.29) is 29.9 Å². The molecule has 0 aliphatic heterocycles. The van der Waals surface area contributed by atoms with Crippen molar-refractivity contribution < 1.29 is 5.11 Å². The van der Waals surface area contributed by atoms with Crippen molar-refractivity contribution in [2.75, 3.05) is 5.32 Å². The molecule has 28 heavy (non-hydrogen) atoms. The Labute approximate surface area is 162 Å². The van der Waals surface area contributed by atoms with E-state index in [4.69, 9.17) is 0 Å². The quantitative estimate of drug-likeness (QED) is 0.704. The molecule has 0 saturated heterocycles. The number of nitrogens with zero attached hydrogens (tertiary/aromatic N) is 4. The number of hydrogen-bond donors (Lipinski definition) is 2. The van der Waals surface area contributed by atoms with Gasteiger partial charge in [0.1, 0.15) is 0 Å². The third-order valence-corrected chi connectivity index (χ3v) is 5.56. The van der Waals surface area contributed by atoms with Crippen LogP contribution in [0, 0.1) is 6.92 Å². The average molecular weight is 383 g/mol. The van der Waals surface area contributed by atoms with E-state index in [1.807, 2.05) is 31.2 Å². The van der Waals surface area contributed by atoms with Gasteiger partial charge in [-0.2, -0.15) is 4.98 Å². The number of aromatic nitrogens is 4. The molecule has 0 radical (unpaired) electrons. The summed E-state index contributed by atoms with van der Waals surface area (Å²) in [7, 11) is 3.40. The molecule has 0 amide bonds. The molecular weight excluding hydrogens is 358 g/mol. The Kier molecular flexibility index (Phi) is 4.58. The lowest BCUT2D eigenvalue weighted by Gasteiger charge is -2.12. The third kappa shape index (κ3) is 3.13. The van der Waals surface area contributed by atoms with E-state index in [1.165, 1.54) is 9.13 Å². The van der Waals surface area contributed by atoms with Crippen molar-refractivity contribution in [1.82, 2.24) is 18.7 Å². The number of anilines is 1. The molecule has 0 bridgehead atoms. The van der Waals surface area contributed by atoms with Crippen molar-refractivity contribution >= 4 is 17.1 Å². The number of benzene rings is 1. The maximum absolute atomic E-state index is 13.1. The molecule has 1 aliphatic rings. The van der Waals surface area contributed by atoms with Crippen LogP contribution in [-0.2, 0) is 20.6 Å². The van der Waals surface area contributed by atoms with Crippen molar-refractivity contribution in [2.45, 2.75) is 44.9 Å². The van der Waals surface area contributed by atoms with Crippen molar-refractivity contribution in [1.29, 1.82) is 0 Å². The van der Waals surface area contributed by atoms with Gasteiger partial charge in [-0.15, -0.1) is 0 Å². The number of hydrogen-bond acceptors (Lipinski definition) is 5. The molecule has 1 aliphatic carbocycles. The van der Waals surface area contributed by atoms with Gasteiger partial charge >= 0.3 is 5.69 Å². The van der Waals surface area contributed by atoms with Crippen molar-refractivity contribution in [2.24, 2.45) is 14.1 Å². The molecule has 1 aromatic carbocycles. The topological polar surface area (TPSA) is 94.1 Å². The molecule has 1 fully saturated rings. The molecule has 4 rings (SSSR count). The fraction of sp³-hybridized carbons (Fsp3) is 0.450. The molecule has 1 saturated carbocycles. The minimum absolute atomic E-state index is 0.109. The summed E-state index contributed by atoms with van der Waals surface area (Å²) in [5.41, 5.74) is 2.02. The Hall–Kier alpha value is -2.87. The lowest BCUT2D eigenvalue weighted by molar-refractivity contribution is 0.182. The van der Waals surface area contributed by atoms with Crippen LogP contribution in [0.3, 0.4) is 0 Å². The number of aliphatic hydroxyl groups is 1. The van der Waals surface area contributed by atoms with Gasteiger partial charge in [0.2, 0.25) is 5.95 Å². The summed E-state index contributed by atoms with van der Waals surface area (Å²) in [5, 5.41) is 13.0. The first-order chi connectivity index (χ1) is 13.3. The highest BCUT2D eigenvalue weighted by Gasteiger charge is 2.25. The SMILES string of the molecule is Cc1ccc(Cn2c(=O)c3c(nc(N[C@@H]4CC[C@H](O)C4)n3C)n(C)c2=O)cc1. The second-order valence-corrected chi connectivity index (χ2v) is 7.69. The monoisotopic (exact) mass is 383 g/mol. The summed E-state index contributed by atoms with van der Waals surface area (Å²) < 4.78 is 4.37. The molecule has 3 aromatic rings. The third-order valence-electron chi connectivity index (χ3n) is 5.56. The number of fused-ring (bicyclic) bond motifs is 1. The van der Waals surface area contributed by atoms with Crippen LogP contribution in [0.1, 0.15) is 30.4 Å². The smallest absolute Gasteiger partial charge is 0.332 e. The van der Waals surface area contributed by atoms with Crippen molar-refractivity contribution in [3.63, 3.8) is 0 Å². The summed E-state index contributed by atoms with van der Waals surface area (Å²) in [4.78, 5) is 30.4. The fourth-order valence-electron chi connectivity index (χ4n) is 3.86. The first-order valence-electron chi connectivity index (χ1n) is 9.51. The van der Waals surface area contributed by atoms with Crippen molar-refractivity contribution in [3.05, 3.63) is 56.2 Å². The molecule has 8 nitrogen and oxygen atoms in total. The molecule has 8 heteroatoms. The zero-order valence-corrected chi connectivity index (χ0v) is 16.3. The standard InChI is InChI=1S/C20H25N5O3/c1-12-4-6-13(7-5-12)11-25-18(27)16-17(24(3)20(25)28)22-19(23(16)2)21-14-8-9-15(26)10-14/h4-7,14-15,26H,8-11H2,1-3H3,(H,21,22)/t14-,15+/m1/s1. The van der Waals surface area contributed by atoms with Gasteiger partial charge in [-0.25, -0.2) is 4.79 Å². The van der Waals surface area contributed by atoms with Gasteiger partial charge in [0.15, 0.2) is 11.2 Å². The predicted octanol–water partition coefficient (Wildman–Crippen LogP) is 1.12. The van der Waals surface area contributed by atoms with E-state index in [9.17, 15) is 14.7 Å². The molecule has 2 heterocycles. The maximum Gasteiger partial charge on any atom is 0.332 e. The number of imidazole rings is 1. The maximum atomic E-state index is 13.1. The Bertz CT molecular complexity index is 1140. The number of aryl methyl sites for hydroxylation is 3. The average Bonchev–Trinajstić information content (AvgIpc) is 3.22. The summed E-state index contributed by atoms with van der Waals surface area (Å²) >= 11 is 0. The highest BCUT2D eigenvalue weighted by Crippen LogP contribution is 2.23. The van der Waals surface area contributed by atoms with Crippen molar-refractivity contribution in [3.8, 4) is 0 Å². The fourth-order valence-corrected chi connectivity index (χ4v) is 3.86. The zero-order valence-electron chi connectivity index (χ0n) is 16.3. The van der Waals surface area contributed by atoms with Gasteiger partial charge in [0, 0.05) is 20.1 Å². The van der Waals surface area contributed by atoms with Gasteiger partial charge in [0.25, 0.3) is 5.56 Å². The van der Waals surface area contributed by atoms with Crippen LogP contribution in [-0.4, -0.2) is 35.9 Å². The molecule has 2 atom stereocenters. The minimum Gasteiger partial charge on any atom is -0.393 e. The van der Waals surface area contributed by atoms with E-state index >= 15 is 0 Å². The number of nitrogens with one attached hydrogen (secondary N) is 1. The largest absolute Gasteiger partial charge is 0.393 e. The summed E-state index contributed by atoms with van der Waals surface area (Å²) in [6.45, 7) is 2.21. The van der Waals surface area contributed by atoms with Crippen LogP contribution in [0.25, 0.3) is 11.2 Å². The molecule has 0 spiro atoms. The number of rotatable bonds is 4. The second kappa shape index (κ2) is 6.94. The highest BCUT2D eigenvalue weighted by molar-refractivity contribution is 5.74. The summed E-state index contributed by atoms with van der Waals surface area (Å²) in [6, 6.07) is 7.88. The number of aliphatic hydroxyl groups excluding tert-OH is 1. The van der Waals surface area contributed by atoms with Crippen LogP contribution >= 0.6 is 0 Å². The lowest BCUT2D eigenvalue weighted by Crippen LogP contribution is -2.39. The van der Waals surface area contributed by atoms with Crippen LogP contribution in [0.4, 0.5) is 5.95 Å².